The third-order valence-corrected chi connectivity index (χ3v) is 3.98. The minimum Gasteiger partial charge on any atom is -0.495 e. The maximum atomic E-state index is 13.7. The molecule has 3 aromatic rings. The van der Waals surface area contributed by atoms with Crippen LogP contribution >= 0.6 is 0 Å². The van der Waals surface area contributed by atoms with Gasteiger partial charge in [0.1, 0.15) is 5.75 Å². The molecule has 2 aromatic carbocycles. The van der Waals surface area contributed by atoms with Gasteiger partial charge in [0.05, 0.1) is 26.3 Å². The van der Waals surface area contributed by atoms with E-state index in [9.17, 15) is 9.18 Å². The maximum absolute atomic E-state index is 13.7. The Morgan fingerprint density at radius 2 is 1.83 bits per heavy atom. The maximum Gasteiger partial charge on any atom is 0.310 e. The Morgan fingerprint density at radius 3 is 2.57 bits per heavy atom. The van der Waals surface area contributed by atoms with Crippen LogP contribution in [0.5, 0.6) is 11.5 Å². The normalized spacial score (nSPS) is 10.4. The molecule has 0 saturated carbocycles. The van der Waals surface area contributed by atoms with Gasteiger partial charge >= 0.3 is 5.97 Å². The smallest absolute Gasteiger partial charge is 0.310 e. The zero-order chi connectivity index (χ0) is 21.5. The van der Waals surface area contributed by atoms with E-state index in [1.54, 1.807) is 25.3 Å². The Kier molecular flexibility index (Phi) is 6.58. The third kappa shape index (κ3) is 5.31. The second-order valence-electron chi connectivity index (χ2n) is 6.07. The van der Waals surface area contributed by atoms with Gasteiger partial charge in [0.25, 0.3) is 0 Å². The van der Waals surface area contributed by atoms with Crippen LogP contribution in [0.3, 0.4) is 0 Å². The van der Waals surface area contributed by atoms with E-state index in [0.717, 1.165) is 0 Å². The Hall–Kier alpha value is -3.95. The zero-order valence-electron chi connectivity index (χ0n) is 16.4. The molecule has 0 aliphatic carbocycles. The van der Waals surface area contributed by atoms with Crippen molar-refractivity contribution in [2.24, 2.45) is 0 Å². The lowest BCUT2D eigenvalue weighted by Crippen LogP contribution is -2.12. The number of benzene rings is 2. The van der Waals surface area contributed by atoms with Gasteiger partial charge < -0.3 is 25.3 Å². The van der Waals surface area contributed by atoms with Crippen LogP contribution in [0.25, 0.3) is 0 Å². The number of anilines is 3. The summed E-state index contributed by atoms with van der Waals surface area (Å²) >= 11 is 0. The summed E-state index contributed by atoms with van der Waals surface area (Å²) in [5.41, 5.74) is 6.82. The number of hydrogen-bond acceptors (Lipinski definition) is 9. The Morgan fingerprint density at radius 1 is 1.07 bits per heavy atom. The van der Waals surface area contributed by atoms with Gasteiger partial charge in [0, 0.05) is 0 Å². The summed E-state index contributed by atoms with van der Waals surface area (Å²) in [6.07, 6.45) is -0.117. The first kappa shape index (κ1) is 20.8. The van der Waals surface area contributed by atoms with Crippen molar-refractivity contribution in [1.29, 1.82) is 0 Å². The number of nitrogens with two attached hydrogens (primary N) is 1. The molecule has 0 amide bonds. The molecule has 156 valence electrons. The van der Waals surface area contributed by atoms with Crippen LogP contribution in [0, 0.1) is 5.82 Å². The fourth-order valence-corrected chi connectivity index (χ4v) is 2.61. The van der Waals surface area contributed by atoms with Crippen molar-refractivity contribution in [3.63, 3.8) is 0 Å². The van der Waals surface area contributed by atoms with Gasteiger partial charge in [-0.25, -0.2) is 4.39 Å². The number of nitrogens with zero attached hydrogens (tertiary/aromatic N) is 3. The van der Waals surface area contributed by atoms with E-state index in [1.807, 2.05) is 12.1 Å². The minimum atomic E-state index is -0.571. The number of nitrogens with one attached hydrogen (secondary N) is 1. The number of para-hydroxylation sites is 2. The number of nitrogen functional groups attached to an aromatic ring is 1. The van der Waals surface area contributed by atoms with Crippen molar-refractivity contribution in [3.05, 3.63) is 59.7 Å². The fourth-order valence-electron chi connectivity index (χ4n) is 2.61. The summed E-state index contributed by atoms with van der Waals surface area (Å²) in [7, 11) is 2.91. The molecule has 0 atom stereocenters. The summed E-state index contributed by atoms with van der Waals surface area (Å²) in [5, 5.41) is 2.99. The average Bonchev–Trinajstić information content (AvgIpc) is 2.72. The van der Waals surface area contributed by atoms with Crippen LogP contribution in [0.2, 0.25) is 0 Å². The van der Waals surface area contributed by atoms with Crippen LogP contribution in [0.15, 0.2) is 42.5 Å². The minimum absolute atomic E-state index is 0.0364. The first-order valence-electron chi connectivity index (χ1n) is 8.87. The van der Waals surface area contributed by atoms with Gasteiger partial charge in [-0.3, -0.25) is 4.79 Å². The largest absolute Gasteiger partial charge is 0.495 e. The number of methoxy groups -OCH3 is 2. The molecular weight excluding hydrogens is 393 g/mol. The molecule has 3 rings (SSSR count). The highest BCUT2D eigenvalue weighted by Crippen LogP contribution is 2.25. The standard InChI is InChI=1S/C20H20FN5O4/c1-28-15-8-7-12(9-13(15)21)10-18(27)30-11-17-24-19(22)26-20(25-17)23-14-5-3-4-6-16(14)29-2/h3-9H,10-11H2,1-2H3,(H3,22,23,24,25,26). The molecule has 0 saturated heterocycles. The van der Waals surface area contributed by atoms with Crippen molar-refractivity contribution < 1.29 is 23.4 Å². The van der Waals surface area contributed by atoms with E-state index in [0.29, 0.717) is 17.0 Å². The number of ether oxygens (including phenoxy) is 3. The SMILES string of the molecule is COc1ccc(CC(=O)OCc2nc(N)nc(Nc3ccccc3OC)n2)cc1F. The molecule has 1 heterocycles. The van der Waals surface area contributed by atoms with E-state index in [-0.39, 0.29) is 36.5 Å². The number of aromatic nitrogens is 3. The lowest BCUT2D eigenvalue weighted by molar-refractivity contribution is -0.144. The molecule has 30 heavy (non-hydrogen) atoms. The number of hydrogen-bond donors (Lipinski definition) is 2. The summed E-state index contributed by atoms with van der Waals surface area (Å²) in [5.74, 6) is -0.132. The van der Waals surface area contributed by atoms with Crippen molar-refractivity contribution >= 4 is 23.6 Å². The van der Waals surface area contributed by atoms with Gasteiger partial charge in [-0.05, 0) is 29.8 Å². The van der Waals surface area contributed by atoms with E-state index in [2.05, 4.69) is 20.3 Å². The van der Waals surface area contributed by atoms with E-state index in [4.69, 9.17) is 19.9 Å². The van der Waals surface area contributed by atoms with E-state index in [1.165, 1.54) is 19.2 Å². The number of carbonyl (C=O) groups is 1. The molecule has 0 aliphatic rings. The number of rotatable bonds is 8. The highest BCUT2D eigenvalue weighted by molar-refractivity contribution is 5.72. The summed E-state index contributed by atoms with van der Waals surface area (Å²) in [4.78, 5) is 24.3. The van der Waals surface area contributed by atoms with Gasteiger partial charge in [-0.15, -0.1) is 0 Å². The first-order valence-corrected chi connectivity index (χ1v) is 8.87. The highest BCUT2D eigenvalue weighted by Gasteiger charge is 2.12. The highest BCUT2D eigenvalue weighted by atomic mass is 19.1. The second-order valence-corrected chi connectivity index (χ2v) is 6.07. The van der Waals surface area contributed by atoms with Gasteiger partial charge in [0.2, 0.25) is 11.9 Å². The van der Waals surface area contributed by atoms with Crippen LogP contribution < -0.4 is 20.5 Å². The Bertz CT molecular complexity index is 1050. The van der Waals surface area contributed by atoms with Crippen LogP contribution in [0.4, 0.5) is 22.0 Å². The average molecular weight is 413 g/mol. The fraction of sp³-hybridized carbons (Fsp3) is 0.200. The van der Waals surface area contributed by atoms with Gasteiger partial charge in [0.15, 0.2) is 24.0 Å². The van der Waals surface area contributed by atoms with E-state index < -0.39 is 11.8 Å². The molecule has 0 fully saturated rings. The summed E-state index contributed by atoms with van der Waals surface area (Å²) < 4.78 is 29.0. The monoisotopic (exact) mass is 413 g/mol. The zero-order valence-corrected chi connectivity index (χ0v) is 16.4. The van der Waals surface area contributed by atoms with Gasteiger partial charge in [-0.1, -0.05) is 18.2 Å². The van der Waals surface area contributed by atoms with Crippen molar-refractivity contribution in [2.45, 2.75) is 13.0 Å². The van der Waals surface area contributed by atoms with Crippen LogP contribution in [0.1, 0.15) is 11.4 Å². The first-order chi connectivity index (χ1) is 14.5. The Balaban J connectivity index is 1.64. The quantitative estimate of drug-likeness (QED) is 0.537. The molecule has 1 aromatic heterocycles. The molecule has 0 radical (unpaired) electrons. The second kappa shape index (κ2) is 9.50. The number of esters is 1. The molecule has 3 N–H and O–H groups in total. The van der Waals surface area contributed by atoms with Gasteiger partial charge in [-0.2, -0.15) is 15.0 Å². The molecule has 0 bridgehead atoms. The molecule has 0 spiro atoms. The summed E-state index contributed by atoms with van der Waals surface area (Å²) in [6.45, 7) is -0.217. The number of carbonyl (C=O) groups excluding carboxylic acids is 1. The molecule has 10 heteroatoms. The molecular formula is C20H20FN5O4. The van der Waals surface area contributed by atoms with Crippen LogP contribution in [-0.4, -0.2) is 35.1 Å². The molecule has 0 unspecified atom stereocenters. The predicted molar refractivity (Wildman–Crippen MR) is 107 cm³/mol. The predicted octanol–water partition coefficient (Wildman–Crippen LogP) is 2.64. The topological polar surface area (TPSA) is 121 Å². The lowest BCUT2D eigenvalue weighted by Gasteiger charge is -2.11. The van der Waals surface area contributed by atoms with Crippen molar-refractivity contribution in [2.75, 3.05) is 25.3 Å². The Labute approximate surface area is 172 Å². The number of halogens is 1. The molecule has 0 aliphatic heterocycles. The third-order valence-electron chi connectivity index (χ3n) is 3.98. The summed E-state index contributed by atoms with van der Waals surface area (Å²) in [6, 6.07) is 11.4. The van der Waals surface area contributed by atoms with Crippen molar-refractivity contribution in [3.8, 4) is 11.5 Å². The van der Waals surface area contributed by atoms with Crippen LogP contribution in [-0.2, 0) is 22.6 Å². The van der Waals surface area contributed by atoms with E-state index >= 15 is 0 Å². The molecule has 9 nitrogen and oxygen atoms in total. The van der Waals surface area contributed by atoms with Crippen molar-refractivity contribution in [1.82, 2.24) is 15.0 Å². The lowest BCUT2D eigenvalue weighted by atomic mass is 10.1.